The Morgan fingerprint density at radius 1 is 0.792 bits per heavy atom. The zero-order valence-electron chi connectivity index (χ0n) is 14.3. The van der Waals surface area contributed by atoms with E-state index >= 15 is 0 Å². The van der Waals surface area contributed by atoms with Crippen LogP contribution >= 0.6 is 0 Å². The van der Waals surface area contributed by atoms with Gasteiger partial charge in [-0.3, -0.25) is 0 Å². The van der Waals surface area contributed by atoms with Crippen molar-refractivity contribution < 1.29 is 23.8 Å². The Morgan fingerprint density at radius 2 is 1.21 bits per heavy atom. The number of ether oxygens (including phenoxy) is 3. The molecule has 0 aromatic carbocycles. The van der Waals surface area contributed by atoms with Crippen LogP contribution in [0.4, 0.5) is 9.59 Å². The van der Waals surface area contributed by atoms with Gasteiger partial charge in [-0.05, 0) is 38.5 Å². The first kappa shape index (κ1) is 17.3. The summed E-state index contributed by atoms with van der Waals surface area (Å²) in [6.45, 7) is 3.95. The zero-order chi connectivity index (χ0) is 16.8. The Balaban J connectivity index is 1.42. The fourth-order valence-corrected chi connectivity index (χ4v) is 3.38. The van der Waals surface area contributed by atoms with Gasteiger partial charge >= 0.3 is 12.2 Å². The lowest BCUT2D eigenvalue weighted by atomic mass is 9.97. The van der Waals surface area contributed by atoms with Gasteiger partial charge in [0.2, 0.25) is 0 Å². The van der Waals surface area contributed by atoms with Crippen molar-refractivity contribution in [3.8, 4) is 0 Å². The molecule has 2 amide bonds. The highest BCUT2D eigenvalue weighted by Gasteiger charge is 2.42. The van der Waals surface area contributed by atoms with E-state index in [0.717, 1.165) is 58.3 Å². The smallest absolute Gasteiger partial charge is 0.409 e. The molecule has 7 nitrogen and oxygen atoms in total. The normalized spacial score (nSPS) is 23.3. The lowest BCUT2D eigenvalue weighted by molar-refractivity contribution is -0.192. The summed E-state index contributed by atoms with van der Waals surface area (Å²) in [5.74, 6) is 0. The molecular weight excluding hydrogens is 312 g/mol. The third kappa shape index (κ3) is 4.32. The molecule has 7 heteroatoms. The number of piperidine rings is 2. The van der Waals surface area contributed by atoms with Crippen molar-refractivity contribution >= 4 is 12.2 Å². The first-order valence-electron chi connectivity index (χ1n) is 9.16. The van der Waals surface area contributed by atoms with Crippen LogP contribution in [0.5, 0.6) is 0 Å². The van der Waals surface area contributed by atoms with E-state index in [1.54, 1.807) is 9.80 Å². The molecule has 3 saturated heterocycles. The molecule has 3 aliphatic heterocycles. The van der Waals surface area contributed by atoms with Crippen LogP contribution in [-0.2, 0) is 14.2 Å². The number of amides is 2. The second-order valence-corrected chi connectivity index (χ2v) is 6.99. The summed E-state index contributed by atoms with van der Waals surface area (Å²) in [5.41, 5.74) is -0.656. The summed E-state index contributed by atoms with van der Waals surface area (Å²) in [7, 11) is 0. The maximum absolute atomic E-state index is 12.1. The minimum Gasteiger partial charge on any atom is -0.446 e. The second kappa shape index (κ2) is 8.05. The Hall–Kier alpha value is -1.50. The number of rotatable bonds is 4. The molecule has 0 atom stereocenters. The quantitative estimate of drug-likeness (QED) is 0.786. The average Bonchev–Trinajstić information content (AvgIpc) is 2.61. The third-order valence-electron chi connectivity index (χ3n) is 5.11. The van der Waals surface area contributed by atoms with Crippen molar-refractivity contribution in [2.45, 2.75) is 50.5 Å². The molecule has 0 radical (unpaired) electrons. The molecule has 24 heavy (non-hydrogen) atoms. The molecule has 0 aliphatic carbocycles. The first-order chi connectivity index (χ1) is 11.7. The largest absolute Gasteiger partial charge is 0.446 e. The SMILES string of the molecule is O=C(OCC1(COC(=O)N2CCCCC2)CCO1)N1CCCCC1. The lowest BCUT2D eigenvalue weighted by Gasteiger charge is -2.41. The summed E-state index contributed by atoms with van der Waals surface area (Å²) in [6.07, 6.45) is 6.64. The summed E-state index contributed by atoms with van der Waals surface area (Å²) in [6, 6.07) is 0. The molecule has 0 aromatic rings. The van der Waals surface area contributed by atoms with Gasteiger partial charge < -0.3 is 24.0 Å². The van der Waals surface area contributed by atoms with E-state index in [-0.39, 0.29) is 25.4 Å². The van der Waals surface area contributed by atoms with E-state index in [0.29, 0.717) is 6.61 Å². The van der Waals surface area contributed by atoms with Gasteiger partial charge in [0, 0.05) is 32.6 Å². The van der Waals surface area contributed by atoms with Crippen molar-refractivity contribution in [2.24, 2.45) is 0 Å². The molecule has 136 valence electrons. The summed E-state index contributed by atoms with van der Waals surface area (Å²) >= 11 is 0. The molecule has 3 heterocycles. The predicted molar refractivity (Wildman–Crippen MR) is 86.8 cm³/mol. The van der Waals surface area contributed by atoms with Crippen LogP contribution in [0, 0.1) is 0 Å². The van der Waals surface area contributed by atoms with Crippen LogP contribution in [0.3, 0.4) is 0 Å². The molecule has 0 bridgehead atoms. The monoisotopic (exact) mass is 340 g/mol. The molecule has 3 fully saturated rings. The van der Waals surface area contributed by atoms with Crippen LogP contribution in [0.15, 0.2) is 0 Å². The summed E-state index contributed by atoms with van der Waals surface area (Å²) in [4.78, 5) is 27.7. The zero-order valence-corrected chi connectivity index (χ0v) is 14.3. The number of likely N-dealkylation sites (tertiary alicyclic amines) is 2. The van der Waals surface area contributed by atoms with E-state index in [4.69, 9.17) is 14.2 Å². The fourth-order valence-electron chi connectivity index (χ4n) is 3.38. The van der Waals surface area contributed by atoms with Crippen LogP contribution in [0.25, 0.3) is 0 Å². The van der Waals surface area contributed by atoms with Crippen LogP contribution in [0.2, 0.25) is 0 Å². The summed E-state index contributed by atoms with van der Waals surface area (Å²) < 4.78 is 16.4. The third-order valence-corrected chi connectivity index (χ3v) is 5.11. The van der Waals surface area contributed by atoms with Crippen molar-refractivity contribution in [3.05, 3.63) is 0 Å². The van der Waals surface area contributed by atoms with Crippen LogP contribution in [0.1, 0.15) is 44.9 Å². The van der Waals surface area contributed by atoms with Crippen molar-refractivity contribution in [1.29, 1.82) is 0 Å². The van der Waals surface area contributed by atoms with E-state index in [1.807, 2.05) is 0 Å². The van der Waals surface area contributed by atoms with Gasteiger partial charge in [-0.15, -0.1) is 0 Å². The molecule has 0 saturated carbocycles. The van der Waals surface area contributed by atoms with Crippen LogP contribution in [-0.4, -0.2) is 73.6 Å². The highest BCUT2D eigenvalue weighted by Crippen LogP contribution is 2.28. The lowest BCUT2D eigenvalue weighted by Crippen LogP contribution is -2.53. The number of carbonyl (C=O) groups is 2. The van der Waals surface area contributed by atoms with Gasteiger partial charge in [-0.2, -0.15) is 0 Å². The van der Waals surface area contributed by atoms with Gasteiger partial charge in [0.1, 0.15) is 18.8 Å². The second-order valence-electron chi connectivity index (χ2n) is 6.99. The number of hydrogen-bond acceptors (Lipinski definition) is 5. The minimum absolute atomic E-state index is 0.148. The maximum atomic E-state index is 12.1. The molecule has 3 rings (SSSR count). The van der Waals surface area contributed by atoms with Crippen molar-refractivity contribution in [3.63, 3.8) is 0 Å². The fraction of sp³-hybridized carbons (Fsp3) is 0.882. The van der Waals surface area contributed by atoms with E-state index < -0.39 is 5.60 Å². The molecule has 0 spiro atoms. The first-order valence-corrected chi connectivity index (χ1v) is 9.16. The molecular formula is C17H28N2O5. The maximum Gasteiger partial charge on any atom is 0.409 e. The Kier molecular flexibility index (Phi) is 5.81. The van der Waals surface area contributed by atoms with Crippen molar-refractivity contribution in [2.75, 3.05) is 46.0 Å². The molecule has 0 unspecified atom stereocenters. The number of carbonyl (C=O) groups excluding carboxylic acids is 2. The van der Waals surface area contributed by atoms with E-state index in [1.165, 1.54) is 12.8 Å². The number of nitrogens with zero attached hydrogens (tertiary/aromatic N) is 2. The van der Waals surface area contributed by atoms with Gasteiger partial charge in [-0.1, -0.05) is 0 Å². The standard InChI is InChI=1S/C17H28N2O5/c20-15(18-8-3-1-4-9-18)22-13-17(7-12-24-17)14-23-16(21)19-10-5-2-6-11-19/h1-14H2. The van der Waals surface area contributed by atoms with E-state index in [9.17, 15) is 9.59 Å². The van der Waals surface area contributed by atoms with Crippen molar-refractivity contribution in [1.82, 2.24) is 9.80 Å². The van der Waals surface area contributed by atoms with Gasteiger partial charge in [0.15, 0.2) is 0 Å². The molecule has 0 aromatic heterocycles. The molecule has 0 N–H and O–H groups in total. The topological polar surface area (TPSA) is 68.3 Å². The van der Waals surface area contributed by atoms with E-state index in [2.05, 4.69) is 0 Å². The predicted octanol–water partition coefficient (Wildman–Crippen LogP) is 2.39. The number of hydrogen-bond donors (Lipinski definition) is 0. The molecule has 3 aliphatic rings. The van der Waals surface area contributed by atoms with Gasteiger partial charge in [-0.25, -0.2) is 9.59 Å². The highest BCUT2D eigenvalue weighted by molar-refractivity contribution is 5.68. The van der Waals surface area contributed by atoms with Crippen LogP contribution < -0.4 is 0 Å². The highest BCUT2D eigenvalue weighted by atomic mass is 16.6. The van der Waals surface area contributed by atoms with Gasteiger partial charge in [0.25, 0.3) is 0 Å². The Bertz CT molecular complexity index is 404. The Labute approximate surface area is 143 Å². The minimum atomic E-state index is -0.656. The summed E-state index contributed by atoms with van der Waals surface area (Å²) in [5, 5.41) is 0. The Morgan fingerprint density at radius 3 is 1.54 bits per heavy atom. The average molecular weight is 340 g/mol. The van der Waals surface area contributed by atoms with Gasteiger partial charge in [0.05, 0.1) is 6.61 Å².